The highest BCUT2D eigenvalue weighted by molar-refractivity contribution is 5.94. The molecule has 0 aliphatic heterocycles. The third-order valence-corrected chi connectivity index (χ3v) is 2.66. The number of hydrazine groups is 1. The number of carbonyl (C=O) groups excluding carboxylic acids is 2. The van der Waals surface area contributed by atoms with Crippen LogP contribution >= 0.6 is 0 Å². The first-order valence-electron chi connectivity index (χ1n) is 5.93. The van der Waals surface area contributed by atoms with Gasteiger partial charge in [-0.15, -0.1) is 0 Å². The molecule has 2 rings (SSSR count). The largest absolute Gasteiger partial charge is 0.486 e. The van der Waals surface area contributed by atoms with Gasteiger partial charge in [-0.3, -0.25) is 15.0 Å². The summed E-state index contributed by atoms with van der Waals surface area (Å²) in [6.07, 6.45) is 0. The van der Waals surface area contributed by atoms with Crippen molar-refractivity contribution < 1.29 is 18.7 Å². The van der Waals surface area contributed by atoms with Gasteiger partial charge in [0.15, 0.2) is 11.5 Å². The van der Waals surface area contributed by atoms with Crippen molar-refractivity contribution in [1.29, 1.82) is 0 Å². The molecular weight excluding hydrogens is 260 g/mol. The Balaban J connectivity index is 1.96. The molecule has 6 heteroatoms. The Morgan fingerprint density at radius 1 is 1.20 bits per heavy atom. The third kappa shape index (κ3) is 3.24. The number of hydrogen-bond acceptors (Lipinski definition) is 5. The monoisotopic (exact) mass is 274 g/mol. The first-order chi connectivity index (χ1) is 9.60. The van der Waals surface area contributed by atoms with E-state index < -0.39 is 5.91 Å². The van der Waals surface area contributed by atoms with E-state index in [0.29, 0.717) is 17.1 Å². The van der Waals surface area contributed by atoms with Crippen LogP contribution in [0.15, 0.2) is 40.8 Å². The van der Waals surface area contributed by atoms with Crippen LogP contribution in [0.25, 0.3) is 0 Å². The second kappa shape index (κ2) is 6.03. The zero-order valence-corrected chi connectivity index (χ0v) is 10.9. The van der Waals surface area contributed by atoms with Crippen LogP contribution in [-0.4, -0.2) is 11.7 Å². The molecule has 1 aromatic heterocycles. The maximum absolute atomic E-state index is 11.2. The van der Waals surface area contributed by atoms with E-state index in [1.807, 2.05) is 5.43 Å². The average molecular weight is 274 g/mol. The van der Waals surface area contributed by atoms with Crippen LogP contribution in [0.5, 0.6) is 5.75 Å². The van der Waals surface area contributed by atoms with Crippen molar-refractivity contribution in [3.63, 3.8) is 0 Å². The number of benzene rings is 1. The second-order valence-corrected chi connectivity index (χ2v) is 4.11. The number of Topliss-reactive ketones (excluding diaryl/α,β-unsaturated/α-hetero) is 1. The number of nitrogens with two attached hydrogens (primary N) is 1. The van der Waals surface area contributed by atoms with Crippen molar-refractivity contribution in [2.24, 2.45) is 5.84 Å². The van der Waals surface area contributed by atoms with Gasteiger partial charge in [0.1, 0.15) is 18.1 Å². The molecule has 2 aromatic rings. The third-order valence-electron chi connectivity index (χ3n) is 2.66. The molecule has 0 saturated heterocycles. The fraction of sp³-hybridized carbons (Fsp3) is 0.143. The summed E-state index contributed by atoms with van der Waals surface area (Å²) in [5.41, 5.74) is 2.60. The van der Waals surface area contributed by atoms with Crippen LogP contribution in [0, 0.1) is 0 Å². The Hall–Kier alpha value is -2.60. The summed E-state index contributed by atoms with van der Waals surface area (Å²) in [5, 5.41) is 0. The highest BCUT2D eigenvalue weighted by Gasteiger charge is 2.09. The molecule has 104 valence electrons. The highest BCUT2D eigenvalue weighted by atomic mass is 16.5. The number of nitrogens with one attached hydrogen (secondary N) is 1. The van der Waals surface area contributed by atoms with Gasteiger partial charge in [0.2, 0.25) is 0 Å². The Morgan fingerprint density at radius 3 is 2.50 bits per heavy atom. The fourth-order valence-electron chi connectivity index (χ4n) is 1.59. The quantitative estimate of drug-likeness (QED) is 0.374. The summed E-state index contributed by atoms with van der Waals surface area (Å²) >= 11 is 0. The summed E-state index contributed by atoms with van der Waals surface area (Å²) in [6, 6.07) is 9.93. The maximum atomic E-state index is 11.2. The van der Waals surface area contributed by atoms with Gasteiger partial charge >= 0.3 is 5.91 Å². The topological polar surface area (TPSA) is 94.6 Å². The van der Waals surface area contributed by atoms with Crippen molar-refractivity contribution in [3.8, 4) is 5.75 Å². The SMILES string of the molecule is CC(=O)c1ccc(OCc2ccc(C(=O)NN)o2)cc1. The zero-order valence-electron chi connectivity index (χ0n) is 10.9. The fourth-order valence-corrected chi connectivity index (χ4v) is 1.59. The van der Waals surface area contributed by atoms with Gasteiger partial charge in [0, 0.05) is 5.56 Å². The van der Waals surface area contributed by atoms with E-state index in [9.17, 15) is 9.59 Å². The minimum absolute atomic E-state index is 0.0000216. The van der Waals surface area contributed by atoms with Gasteiger partial charge in [0.05, 0.1) is 0 Å². The maximum Gasteiger partial charge on any atom is 0.300 e. The van der Waals surface area contributed by atoms with Gasteiger partial charge in [-0.2, -0.15) is 0 Å². The normalized spacial score (nSPS) is 10.1. The summed E-state index contributed by atoms with van der Waals surface area (Å²) < 4.78 is 10.7. The number of carbonyl (C=O) groups is 2. The zero-order chi connectivity index (χ0) is 14.5. The molecule has 20 heavy (non-hydrogen) atoms. The number of ether oxygens (including phenoxy) is 1. The van der Waals surface area contributed by atoms with Crippen LogP contribution in [-0.2, 0) is 6.61 Å². The summed E-state index contributed by atoms with van der Waals surface area (Å²) in [6.45, 7) is 1.68. The minimum atomic E-state index is -0.498. The summed E-state index contributed by atoms with van der Waals surface area (Å²) in [4.78, 5) is 22.3. The van der Waals surface area contributed by atoms with Gasteiger partial charge in [-0.1, -0.05) is 0 Å². The van der Waals surface area contributed by atoms with E-state index in [2.05, 4.69) is 0 Å². The Labute approximate surface area is 115 Å². The van der Waals surface area contributed by atoms with Crippen molar-refractivity contribution in [2.45, 2.75) is 13.5 Å². The smallest absolute Gasteiger partial charge is 0.300 e. The molecule has 1 heterocycles. The van der Waals surface area contributed by atoms with E-state index in [1.165, 1.54) is 13.0 Å². The standard InChI is InChI=1S/C14H14N2O4/c1-9(17)10-2-4-11(5-3-10)19-8-12-6-7-13(20-12)14(18)16-15/h2-7H,8,15H2,1H3,(H,16,18). The predicted molar refractivity (Wildman–Crippen MR) is 71.1 cm³/mol. The molecule has 1 amide bonds. The van der Waals surface area contributed by atoms with E-state index in [4.69, 9.17) is 15.0 Å². The van der Waals surface area contributed by atoms with Crippen LogP contribution in [0.3, 0.4) is 0 Å². The van der Waals surface area contributed by atoms with Gasteiger partial charge in [-0.05, 0) is 43.3 Å². The molecule has 0 aliphatic rings. The number of amides is 1. The molecule has 1 aromatic carbocycles. The van der Waals surface area contributed by atoms with Crippen molar-refractivity contribution in [3.05, 3.63) is 53.5 Å². The summed E-state index contributed by atoms with van der Waals surface area (Å²) in [7, 11) is 0. The van der Waals surface area contributed by atoms with Crippen molar-refractivity contribution >= 4 is 11.7 Å². The molecular formula is C14H14N2O4. The first-order valence-corrected chi connectivity index (χ1v) is 5.93. The van der Waals surface area contributed by atoms with Gasteiger partial charge in [-0.25, -0.2) is 5.84 Å². The average Bonchev–Trinajstić information content (AvgIpc) is 2.93. The van der Waals surface area contributed by atoms with Gasteiger partial charge < -0.3 is 9.15 Å². The molecule has 0 radical (unpaired) electrons. The molecule has 3 N–H and O–H groups in total. The molecule has 0 saturated carbocycles. The Morgan fingerprint density at radius 2 is 1.90 bits per heavy atom. The number of furan rings is 1. The lowest BCUT2D eigenvalue weighted by molar-refractivity contribution is 0.0921. The molecule has 0 aliphatic carbocycles. The molecule has 0 fully saturated rings. The molecule has 0 atom stereocenters. The van der Waals surface area contributed by atoms with Crippen molar-refractivity contribution in [1.82, 2.24) is 5.43 Å². The van der Waals surface area contributed by atoms with E-state index in [1.54, 1.807) is 30.3 Å². The molecule has 6 nitrogen and oxygen atoms in total. The number of hydrogen-bond donors (Lipinski definition) is 2. The Kier molecular flexibility index (Phi) is 4.17. The Bertz CT molecular complexity index is 616. The first kappa shape index (κ1) is 13.8. The number of ketones is 1. The van der Waals surface area contributed by atoms with E-state index in [0.717, 1.165) is 0 Å². The van der Waals surface area contributed by atoms with Crippen LogP contribution < -0.4 is 16.0 Å². The lowest BCUT2D eigenvalue weighted by Gasteiger charge is -2.04. The van der Waals surface area contributed by atoms with Crippen molar-refractivity contribution in [2.75, 3.05) is 0 Å². The number of nitrogen functional groups attached to an aromatic ring is 1. The molecule has 0 bridgehead atoms. The molecule has 0 unspecified atom stereocenters. The van der Waals surface area contributed by atoms with Crippen LogP contribution in [0.4, 0.5) is 0 Å². The van der Waals surface area contributed by atoms with E-state index in [-0.39, 0.29) is 18.2 Å². The minimum Gasteiger partial charge on any atom is -0.486 e. The van der Waals surface area contributed by atoms with Crippen LogP contribution in [0.1, 0.15) is 33.6 Å². The molecule has 0 spiro atoms. The van der Waals surface area contributed by atoms with Crippen LogP contribution in [0.2, 0.25) is 0 Å². The van der Waals surface area contributed by atoms with E-state index >= 15 is 0 Å². The number of rotatable bonds is 5. The predicted octanol–water partition coefficient (Wildman–Crippen LogP) is 1.66. The van der Waals surface area contributed by atoms with Gasteiger partial charge in [0.25, 0.3) is 0 Å². The summed E-state index contributed by atoms with van der Waals surface area (Å²) in [5.74, 6) is 5.73. The highest BCUT2D eigenvalue weighted by Crippen LogP contribution is 2.15. The lowest BCUT2D eigenvalue weighted by Crippen LogP contribution is -2.29. The second-order valence-electron chi connectivity index (χ2n) is 4.11. The lowest BCUT2D eigenvalue weighted by atomic mass is 10.1.